The van der Waals surface area contributed by atoms with Crippen LogP contribution >= 0.6 is 0 Å². The van der Waals surface area contributed by atoms with Crippen LogP contribution in [0.4, 0.5) is 4.39 Å². The van der Waals surface area contributed by atoms with Gasteiger partial charge < -0.3 is 71.3 Å². The summed E-state index contributed by atoms with van der Waals surface area (Å²) in [7, 11) is 5.26. The Labute approximate surface area is 624 Å². The lowest BCUT2D eigenvalue weighted by atomic mass is 9.86. The van der Waals surface area contributed by atoms with E-state index in [2.05, 4.69) is 36.9 Å². The first kappa shape index (κ1) is 83.2. The van der Waals surface area contributed by atoms with Crippen molar-refractivity contribution in [2.75, 3.05) is 73.7 Å². The van der Waals surface area contributed by atoms with Gasteiger partial charge in [0.1, 0.15) is 41.0 Å². The van der Waals surface area contributed by atoms with E-state index in [0.29, 0.717) is 71.2 Å². The number of Topliss-reactive ketones (excluding diaryl/α,β-unsaturated/α-hetero) is 4. The van der Waals surface area contributed by atoms with Crippen molar-refractivity contribution in [3.8, 4) is 0 Å². The first-order chi connectivity index (χ1) is 51.2. The van der Waals surface area contributed by atoms with Gasteiger partial charge in [-0.25, -0.2) is 4.39 Å². The summed E-state index contributed by atoms with van der Waals surface area (Å²) in [6.07, 6.45) is -0.416. The predicted octanol–water partition coefficient (Wildman–Crippen LogP) is 3.97. The van der Waals surface area contributed by atoms with Crippen LogP contribution in [-0.4, -0.2) is 216 Å². The molecule has 0 spiro atoms. The maximum atomic E-state index is 15.6. The third-order valence-electron chi connectivity index (χ3n) is 20.4. The molecule has 9 N–H and O–H groups in total. The number of ketones is 4. The number of aliphatic hydroxyl groups is 2. The van der Waals surface area contributed by atoms with Crippen molar-refractivity contribution in [1.82, 2.24) is 51.6 Å². The van der Waals surface area contributed by atoms with Crippen molar-refractivity contribution in [3.05, 3.63) is 142 Å². The van der Waals surface area contributed by atoms with Crippen molar-refractivity contribution >= 4 is 81.3 Å². The Morgan fingerprint density at radius 1 is 0.692 bits per heavy atom. The van der Waals surface area contributed by atoms with Crippen LogP contribution in [0.1, 0.15) is 137 Å². The number of nitrogens with zero attached hydrogens (tertiary/aromatic N) is 3. The number of benzene rings is 4. The number of H-pyrrole nitrogens is 1. The minimum absolute atomic E-state index is 0.0141. The van der Waals surface area contributed by atoms with Gasteiger partial charge in [-0.2, -0.15) is 0 Å². The first-order valence-corrected chi connectivity index (χ1v) is 37.2. The maximum Gasteiger partial charge on any atom is 0.246 e. The van der Waals surface area contributed by atoms with Gasteiger partial charge in [-0.15, -0.1) is 0 Å². The molecule has 578 valence electrons. The molecule has 0 aliphatic carbocycles. The van der Waals surface area contributed by atoms with Gasteiger partial charge in [-0.3, -0.25) is 57.5 Å². The topological polar surface area (TPSA) is 361 Å². The van der Waals surface area contributed by atoms with Crippen LogP contribution in [0.25, 0.3) is 10.9 Å². The lowest BCUT2D eigenvalue weighted by Gasteiger charge is -2.37. The number of aromatic nitrogens is 1. The fourth-order valence-corrected chi connectivity index (χ4v) is 13.9. The highest BCUT2D eigenvalue weighted by Gasteiger charge is 2.48. The molecule has 0 radical (unpaired) electrons. The Bertz CT molecular complexity index is 3940. The monoisotopic (exact) mass is 1480 g/mol. The number of likely N-dealkylation sites (N-methyl/N-ethyl adjacent to an activating group) is 1. The highest BCUT2D eigenvalue weighted by atomic mass is 19.1. The summed E-state index contributed by atoms with van der Waals surface area (Å²) in [6, 6.07) is 18.0. The number of amides is 8. The molecule has 26 nitrogen and oxygen atoms in total. The number of aromatic amines is 1. The second kappa shape index (κ2) is 40.5. The fraction of sp³-hybridized carbons (Fsp3) is 0.525. The number of aliphatic hydroxyl groups excluding tert-OH is 2. The molecule has 27 heteroatoms. The molecule has 1 aromatic heterocycles. The van der Waals surface area contributed by atoms with Crippen molar-refractivity contribution < 1.29 is 81.6 Å². The third kappa shape index (κ3) is 24.8. The number of rotatable bonds is 18. The highest BCUT2D eigenvalue weighted by Crippen LogP contribution is 2.32. The molecule has 4 aliphatic heterocycles. The van der Waals surface area contributed by atoms with Crippen LogP contribution in [0.15, 0.2) is 97.2 Å². The summed E-state index contributed by atoms with van der Waals surface area (Å²) < 4.78 is 26.3. The van der Waals surface area contributed by atoms with Crippen LogP contribution in [0.5, 0.6) is 0 Å². The number of aryl methyl sites for hydroxylation is 2. The molecule has 5 aromatic rings. The molecular formula is C80H105FN10O16. The van der Waals surface area contributed by atoms with E-state index in [-0.39, 0.29) is 122 Å². The van der Waals surface area contributed by atoms with E-state index < -0.39 is 138 Å². The van der Waals surface area contributed by atoms with E-state index in [0.717, 1.165) is 29.0 Å². The Kier molecular flexibility index (Phi) is 31.5. The molecule has 9 atom stereocenters. The van der Waals surface area contributed by atoms with Crippen LogP contribution in [-0.2, 0) is 112 Å². The van der Waals surface area contributed by atoms with Gasteiger partial charge in [-0.05, 0) is 156 Å². The summed E-state index contributed by atoms with van der Waals surface area (Å²) >= 11 is 0. The molecule has 4 aromatic carbocycles. The third-order valence-corrected chi connectivity index (χ3v) is 20.4. The van der Waals surface area contributed by atoms with Gasteiger partial charge in [-0.1, -0.05) is 72.8 Å². The molecule has 8 amide bonds. The number of fused-ring (bicyclic) bond motifs is 26. The number of halogens is 1. The summed E-state index contributed by atoms with van der Waals surface area (Å²) in [5.41, 5.74) is 3.61. The quantitative estimate of drug-likeness (QED) is 0.0443. The number of carbonyl (C=O) groups is 12. The van der Waals surface area contributed by atoms with Crippen LogP contribution in [0.3, 0.4) is 0 Å². The number of carbonyl (C=O) groups excluding carboxylic acids is 12. The van der Waals surface area contributed by atoms with E-state index in [1.54, 1.807) is 61.7 Å². The molecule has 1 fully saturated rings. The number of hydrogen-bond acceptors (Lipinski definition) is 17. The smallest absolute Gasteiger partial charge is 0.246 e. The molecule has 0 unspecified atom stereocenters. The maximum absolute atomic E-state index is 15.6. The summed E-state index contributed by atoms with van der Waals surface area (Å²) in [5.74, 6) is -11.2. The standard InChI is InChI=1S/C80H105FN10O16/c1-50-74(100)87-66-42-57-11-7-10-54(40-57)21-24-61(94)25-28-69(90(6)77(103)58(44-70(66)96)43-59-47-83-65-27-22-60(81)45-64(59)65)71(97)46-63(51(2)93)75(101)88-67(41-55-16-18-56(49-92)19-17-55)78(104)91-35-8-32-80(91,3)79(105)82-33-30-53-14-12-52(13-15-53)20-23-62(95)26-29-73(99)86-68(76(102)85-50)48-84-72(98)31-37-107-39-38-106-36-9-34-89(4)5/h7,10-19,22,27,40,45,47,50-51,58,63,66-69,83,92-93H,8-9,20-21,23-26,28-39,41-44,46,48-49H2,1-6H3,(H,82,105)(H,84,98)(H,85,102)(H,86,99)(H,87,100)(H,88,101)/t50-,51-,58-,63+,66+,67+,68+,69+,80+/m1/s1. The molecule has 6 bridgehead atoms. The van der Waals surface area contributed by atoms with Crippen molar-refractivity contribution in [3.63, 3.8) is 0 Å². The van der Waals surface area contributed by atoms with Gasteiger partial charge in [0.25, 0.3) is 0 Å². The average molecular weight is 1480 g/mol. The number of nitrogens with one attached hydrogen (secondary N) is 7. The Morgan fingerprint density at radius 2 is 1.36 bits per heavy atom. The Balaban J connectivity index is 1.12. The van der Waals surface area contributed by atoms with E-state index >= 15 is 23.6 Å². The first-order valence-electron chi connectivity index (χ1n) is 37.2. The zero-order valence-corrected chi connectivity index (χ0v) is 62.3. The molecular weight excluding hydrogens is 1380 g/mol. The van der Waals surface area contributed by atoms with Gasteiger partial charge >= 0.3 is 0 Å². The second-order valence-electron chi connectivity index (χ2n) is 29.0. The fourth-order valence-electron chi connectivity index (χ4n) is 13.9. The Hall–Kier alpha value is -9.41. The zero-order chi connectivity index (χ0) is 77.3. The van der Waals surface area contributed by atoms with Crippen LogP contribution < -0.4 is 31.9 Å². The molecule has 0 saturated carbocycles. The number of ether oxygens (including phenoxy) is 2. The van der Waals surface area contributed by atoms with Gasteiger partial charge in [0, 0.05) is 114 Å². The molecule has 107 heavy (non-hydrogen) atoms. The molecule has 1 saturated heterocycles. The van der Waals surface area contributed by atoms with Gasteiger partial charge in [0.2, 0.25) is 47.3 Å². The summed E-state index contributed by atoms with van der Waals surface area (Å²) in [5, 5.41) is 38.3. The minimum atomic E-state index is -1.57. The lowest BCUT2D eigenvalue weighted by Crippen LogP contribution is -2.60. The van der Waals surface area contributed by atoms with E-state index in [4.69, 9.17) is 9.47 Å². The minimum Gasteiger partial charge on any atom is -0.393 e. The van der Waals surface area contributed by atoms with Crippen LogP contribution in [0.2, 0.25) is 0 Å². The van der Waals surface area contributed by atoms with Gasteiger partial charge in [0.05, 0.1) is 50.5 Å². The Morgan fingerprint density at radius 3 is 2.07 bits per heavy atom. The lowest BCUT2D eigenvalue weighted by molar-refractivity contribution is -0.147. The van der Waals surface area contributed by atoms with Crippen molar-refractivity contribution in [1.29, 1.82) is 0 Å². The van der Waals surface area contributed by atoms with Crippen molar-refractivity contribution in [2.45, 2.75) is 185 Å². The molecule has 9 rings (SSSR count). The largest absolute Gasteiger partial charge is 0.393 e. The number of hydrogen-bond donors (Lipinski definition) is 9. The summed E-state index contributed by atoms with van der Waals surface area (Å²) in [6.45, 7) is 5.85. The SMILES string of the molecule is C[C@H]1NC(=O)[C@H](CNC(=O)CCOCCOCCCN(C)C)NC(=O)CCC(=O)CCc2ccc(cc2)CCNC(=O)[C@]2(C)CCCN2C(=O)[C@H](Cc2ccc(CO)cc2)NC(=O)[C@H]([C@@H](C)O)CC(=O)[C@@H]2CCC(=O)CCc3cccc(c3)C[C@H](NC1=O)C(=O)C[C@@H](Cc1c[nH]c3ccc(F)cc13)C(=O)N2C. The van der Waals surface area contributed by atoms with E-state index in [9.17, 15) is 48.6 Å². The van der Waals surface area contributed by atoms with Crippen LogP contribution in [0, 0.1) is 17.7 Å². The molecule has 4 aliphatic rings. The average Bonchev–Trinajstić information content (AvgIpc) is 1.70. The highest BCUT2D eigenvalue weighted by molar-refractivity contribution is 6.00. The van der Waals surface area contributed by atoms with Crippen molar-refractivity contribution in [2.24, 2.45) is 11.8 Å². The zero-order valence-electron chi connectivity index (χ0n) is 62.3. The normalized spacial score (nSPS) is 23.5. The van der Waals surface area contributed by atoms with E-state index in [1.807, 2.05) is 43.3 Å². The van der Waals surface area contributed by atoms with E-state index in [1.165, 1.54) is 44.0 Å². The second-order valence-corrected chi connectivity index (χ2v) is 29.0. The molecule has 5 heterocycles. The summed E-state index contributed by atoms with van der Waals surface area (Å²) in [4.78, 5) is 182. The predicted molar refractivity (Wildman–Crippen MR) is 396 cm³/mol. The van der Waals surface area contributed by atoms with Gasteiger partial charge in [0.15, 0.2) is 11.6 Å².